The Morgan fingerprint density at radius 3 is 2.94 bits per heavy atom. The summed E-state index contributed by atoms with van der Waals surface area (Å²) < 4.78 is 0. The van der Waals surface area contributed by atoms with E-state index in [1.54, 1.807) is 6.33 Å². The molecule has 0 saturated heterocycles. The third-order valence-electron chi connectivity index (χ3n) is 3.40. The average molecular weight is 219 g/mol. The molecule has 1 N–H and O–H groups in total. The van der Waals surface area contributed by atoms with E-state index in [-0.39, 0.29) is 0 Å². The zero-order valence-electron chi connectivity index (χ0n) is 10.0. The summed E-state index contributed by atoms with van der Waals surface area (Å²) in [4.78, 5) is 8.35. The van der Waals surface area contributed by atoms with E-state index in [1.807, 2.05) is 12.3 Å². The van der Waals surface area contributed by atoms with Crippen LogP contribution in [0.1, 0.15) is 50.8 Å². The topological polar surface area (TPSA) is 37.8 Å². The molecule has 16 heavy (non-hydrogen) atoms. The molecule has 1 aliphatic rings. The van der Waals surface area contributed by atoms with Crippen molar-refractivity contribution in [2.45, 2.75) is 45.1 Å². The smallest absolute Gasteiger partial charge is 0.115 e. The molecule has 0 amide bonds. The highest BCUT2D eigenvalue weighted by Gasteiger charge is 2.23. The first-order chi connectivity index (χ1) is 7.90. The third-order valence-corrected chi connectivity index (χ3v) is 3.40. The Morgan fingerprint density at radius 1 is 1.50 bits per heavy atom. The van der Waals surface area contributed by atoms with Crippen LogP contribution in [0.25, 0.3) is 0 Å². The average Bonchev–Trinajstić information content (AvgIpc) is 2.28. The molecule has 1 aliphatic carbocycles. The van der Waals surface area contributed by atoms with Gasteiger partial charge in [0.25, 0.3) is 0 Å². The first-order valence-electron chi connectivity index (χ1n) is 6.39. The third kappa shape index (κ3) is 3.01. The van der Waals surface area contributed by atoms with E-state index in [9.17, 15) is 0 Å². The lowest BCUT2D eigenvalue weighted by atomic mass is 9.80. The van der Waals surface area contributed by atoms with Crippen molar-refractivity contribution < 1.29 is 0 Å². The molecular weight excluding hydrogens is 198 g/mol. The van der Waals surface area contributed by atoms with Crippen molar-refractivity contribution in [2.24, 2.45) is 5.92 Å². The second kappa shape index (κ2) is 5.94. The van der Waals surface area contributed by atoms with Crippen LogP contribution in [-0.2, 0) is 0 Å². The van der Waals surface area contributed by atoms with Crippen LogP contribution < -0.4 is 5.32 Å². The highest BCUT2D eigenvalue weighted by molar-refractivity contribution is 5.05. The maximum atomic E-state index is 4.37. The molecule has 3 nitrogen and oxygen atoms in total. The molecule has 0 aliphatic heterocycles. The molecule has 0 radical (unpaired) electrons. The Hall–Kier alpha value is -0.960. The van der Waals surface area contributed by atoms with E-state index < -0.39 is 0 Å². The molecule has 0 bridgehead atoms. The molecule has 1 atom stereocenters. The number of rotatable bonds is 6. The van der Waals surface area contributed by atoms with Crippen molar-refractivity contribution in [1.82, 2.24) is 15.3 Å². The molecule has 0 spiro atoms. The summed E-state index contributed by atoms with van der Waals surface area (Å²) in [5, 5.41) is 3.59. The van der Waals surface area contributed by atoms with Gasteiger partial charge in [0.15, 0.2) is 0 Å². The van der Waals surface area contributed by atoms with Crippen LogP contribution in [0.5, 0.6) is 0 Å². The maximum Gasteiger partial charge on any atom is 0.115 e. The van der Waals surface area contributed by atoms with Crippen molar-refractivity contribution in [1.29, 1.82) is 0 Å². The first-order valence-corrected chi connectivity index (χ1v) is 6.39. The molecule has 88 valence electrons. The monoisotopic (exact) mass is 219 g/mol. The number of aromatic nitrogens is 2. The number of nitrogens with one attached hydrogen (secondary N) is 1. The Bertz CT molecular complexity index is 295. The molecule has 1 unspecified atom stereocenters. The number of hydrogen-bond acceptors (Lipinski definition) is 3. The minimum absolute atomic E-state index is 0.424. The SMILES string of the molecule is CCCNC(CC1CCC1)c1ccncn1. The van der Waals surface area contributed by atoms with Gasteiger partial charge in [-0.3, -0.25) is 0 Å². The van der Waals surface area contributed by atoms with Crippen molar-refractivity contribution in [2.75, 3.05) is 6.54 Å². The predicted octanol–water partition coefficient (Wildman–Crippen LogP) is 2.71. The van der Waals surface area contributed by atoms with E-state index in [4.69, 9.17) is 0 Å². The van der Waals surface area contributed by atoms with Gasteiger partial charge in [-0.05, 0) is 31.4 Å². The molecular formula is C13H21N3. The van der Waals surface area contributed by atoms with Crippen molar-refractivity contribution in [3.05, 3.63) is 24.3 Å². The van der Waals surface area contributed by atoms with Crippen molar-refractivity contribution in [3.63, 3.8) is 0 Å². The lowest BCUT2D eigenvalue weighted by molar-refractivity contribution is 0.259. The van der Waals surface area contributed by atoms with Gasteiger partial charge in [0.2, 0.25) is 0 Å². The molecule has 0 aromatic carbocycles. The Kier molecular flexibility index (Phi) is 4.28. The highest BCUT2D eigenvalue weighted by Crippen LogP contribution is 2.34. The van der Waals surface area contributed by atoms with Gasteiger partial charge in [0.05, 0.1) is 5.69 Å². The van der Waals surface area contributed by atoms with E-state index in [2.05, 4.69) is 22.2 Å². The summed E-state index contributed by atoms with van der Waals surface area (Å²) in [7, 11) is 0. The zero-order chi connectivity index (χ0) is 11.2. The molecule has 1 aromatic heterocycles. The summed E-state index contributed by atoms with van der Waals surface area (Å²) in [5.41, 5.74) is 1.15. The Labute approximate surface area is 97.7 Å². The fourth-order valence-electron chi connectivity index (χ4n) is 2.20. The predicted molar refractivity (Wildman–Crippen MR) is 65.0 cm³/mol. The van der Waals surface area contributed by atoms with Gasteiger partial charge in [-0.1, -0.05) is 26.2 Å². The van der Waals surface area contributed by atoms with Crippen molar-refractivity contribution in [3.8, 4) is 0 Å². The standard InChI is InChI=1S/C13H21N3/c1-2-7-15-13(9-11-4-3-5-11)12-6-8-14-10-16-12/h6,8,10-11,13,15H,2-5,7,9H2,1H3. The van der Waals surface area contributed by atoms with Crippen LogP contribution in [0.15, 0.2) is 18.6 Å². The molecule has 1 fully saturated rings. The number of nitrogens with zero attached hydrogens (tertiary/aromatic N) is 2. The summed E-state index contributed by atoms with van der Waals surface area (Å²) in [6.07, 6.45) is 10.1. The van der Waals surface area contributed by atoms with Gasteiger partial charge < -0.3 is 5.32 Å². The fourth-order valence-corrected chi connectivity index (χ4v) is 2.20. The van der Waals surface area contributed by atoms with Gasteiger partial charge in [-0.25, -0.2) is 9.97 Å². The van der Waals surface area contributed by atoms with Gasteiger partial charge in [-0.2, -0.15) is 0 Å². The van der Waals surface area contributed by atoms with Crippen LogP contribution in [-0.4, -0.2) is 16.5 Å². The van der Waals surface area contributed by atoms with Gasteiger partial charge >= 0.3 is 0 Å². The summed E-state index contributed by atoms with van der Waals surface area (Å²) in [6.45, 7) is 3.27. The molecule has 1 aromatic rings. The Morgan fingerprint density at radius 2 is 2.38 bits per heavy atom. The quantitative estimate of drug-likeness (QED) is 0.799. The minimum Gasteiger partial charge on any atom is -0.309 e. The Balaban J connectivity index is 1.95. The van der Waals surface area contributed by atoms with Crippen LogP contribution in [0, 0.1) is 5.92 Å². The van der Waals surface area contributed by atoms with Crippen LogP contribution in [0.2, 0.25) is 0 Å². The minimum atomic E-state index is 0.424. The van der Waals surface area contributed by atoms with E-state index in [0.717, 1.165) is 18.2 Å². The van der Waals surface area contributed by atoms with Crippen LogP contribution in [0.3, 0.4) is 0 Å². The molecule has 1 saturated carbocycles. The highest BCUT2D eigenvalue weighted by atomic mass is 14.9. The van der Waals surface area contributed by atoms with Gasteiger partial charge in [0.1, 0.15) is 6.33 Å². The summed E-state index contributed by atoms with van der Waals surface area (Å²) in [6, 6.07) is 2.46. The normalized spacial score (nSPS) is 18.1. The van der Waals surface area contributed by atoms with E-state index >= 15 is 0 Å². The molecule has 3 heteroatoms. The van der Waals surface area contributed by atoms with Crippen LogP contribution in [0.4, 0.5) is 0 Å². The lowest BCUT2D eigenvalue weighted by Crippen LogP contribution is -2.27. The van der Waals surface area contributed by atoms with Crippen molar-refractivity contribution >= 4 is 0 Å². The first kappa shape index (κ1) is 11.5. The zero-order valence-corrected chi connectivity index (χ0v) is 10.0. The number of hydrogen-bond donors (Lipinski definition) is 1. The van der Waals surface area contributed by atoms with Gasteiger partial charge in [0, 0.05) is 12.2 Å². The summed E-state index contributed by atoms with van der Waals surface area (Å²) >= 11 is 0. The second-order valence-electron chi connectivity index (χ2n) is 4.67. The summed E-state index contributed by atoms with van der Waals surface area (Å²) in [5.74, 6) is 0.907. The van der Waals surface area contributed by atoms with E-state index in [0.29, 0.717) is 6.04 Å². The lowest BCUT2D eigenvalue weighted by Gasteiger charge is -2.29. The maximum absolute atomic E-state index is 4.37. The van der Waals surface area contributed by atoms with Gasteiger partial charge in [-0.15, -0.1) is 0 Å². The molecule has 1 heterocycles. The van der Waals surface area contributed by atoms with Crippen LogP contribution >= 0.6 is 0 Å². The largest absolute Gasteiger partial charge is 0.309 e. The van der Waals surface area contributed by atoms with E-state index in [1.165, 1.54) is 32.1 Å². The fraction of sp³-hybridized carbons (Fsp3) is 0.692. The molecule has 2 rings (SSSR count). The second-order valence-corrected chi connectivity index (χ2v) is 4.67.